The van der Waals surface area contributed by atoms with Gasteiger partial charge in [-0.3, -0.25) is 9.69 Å². The van der Waals surface area contributed by atoms with Crippen molar-refractivity contribution in [2.45, 2.75) is 25.8 Å². The number of piperidine rings is 1. The minimum Gasteiger partial charge on any atom is -0.371 e. The Kier molecular flexibility index (Phi) is 6.45. The SMILES string of the molecule is O=C(NC[C@@H]1CCN(c2ccc(F)cc2)C1)[C@H]1CCCN(Cc2ccccc2)C1. The largest absolute Gasteiger partial charge is 0.371 e. The minimum absolute atomic E-state index is 0.0852. The Hall–Kier alpha value is -2.40. The zero-order valence-electron chi connectivity index (χ0n) is 16.9. The molecule has 5 heteroatoms. The lowest BCUT2D eigenvalue weighted by molar-refractivity contribution is -0.126. The number of hydrogen-bond donors (Lipinski definition) is 1. The van der Waals surface area contributed by atoms with Crippen molar-refractivity contribution < 1.29 is 9.18 Å². The van der Waals surface area contributed by atoms with Crippen molar-refractivity contribution in [3.63, 3.8) is 0 Å². The molecule has 2 fully saturated rings. The van der Waals surface area contributed by atoms with Crippen LogP contribution in [0.15, 0.2) is 54.6 Å². The predicted molar refractivity (Wildman–Crippen MR) is 114 cm³/mol. The molecule has 154 valence electrons. The molecule has 1 N–H and O–H groups in total. The van der Waals surface area contributed by atoms with E-state index in [1.807, 2.05) is 18.2 Å². The zero-order chi connectivity index (χ0) is 20.1. The van der Waals surface area contributed by atoms with Crippen molar-refractivity contribution in [1.82, 2.24) is 10.2 Å². The van der Waals surface area contributed by atoms with E-state index in [4.69, 9.17) is 0 Å². The van der Waals surface area contributed by atoms with Gasteiger partial charge in [-0.1, -0.05) is 30.3 Å². The summed E-state index contributed by atoms with van der Waals surface area (Å²) in [5.41, 5.74) is 2.37. The number of rotatable bonds is 6. The van der Waals surface area contributed by atoms with E-state index in [9.17, 15) is 9.18 Å². The lowest BCUT2D eigenvalue weighted by atomic mass is 9.96. The number of carbonyl (C=O) groups is 1. The molecule has 0 aromatic heterocycles. The Labute approximate surface area is 172 Å². The number of nitrogens with one attached hydrogen (secondary N) is 1. The van der Waals surface area contributed by atoms with Gasteiger partial charge in [-0.15, -0.1) is 0 Å². The highest BCUT2D eigenvalue weighted by molar-refractivity contribution is 5.79. The Morgan fingerprint density at radius 2 is 1.79 bits per heavy atom. The summed E-state index contributed by atoms with van der Waals surface area (Å²) in [6, 6.07) is 17.2. The van der Waals surface area contributed by atoms with Crippen LogP contribution in [0.4, 0.5) is 10.1 Å². The minimum atomic E-state index is -0.203. The van der Waals surface area contributed by atoms with Gasteiger partial charge < -0.3 is 10.2 Å². The lowest BCUT2D eigenvalue weighted by Gasteiger charge is -2.32. The van der Waals surface area contributed by atoms with E-state index in [-0.39, 0.29) is 17.6 Å². The summed E-state index contributed by atoms with van der Waals surface area (Å²) in [7, 11) is 0. The van der Waals surface area contributed by atoms with E-state index >= 15 is 0 Å². The first-order valence-electron chi connectivity index (χ1n) is 10.7. The highest BCUT2D eigenvalue weighted by Gasteiger charge is 2.28. The topological polar surface area (TPSA) is 35.6 Å². The third kappa shape index (κ3) is 5.36. The van der Waals surface area contributed by atoms with Gasteiger partial charge in [0.1, 0.15) is 5.82 Å². The summed E-state index contributed by atoms with van der Waals surface area (Å²) in [5.74, 6) is 0.531. The molecule has 4 nitrogen and oxygen atoms in total. The first-order chi connectivity index (χ1) is 14.2. The molecule has 2 aromatic rings. The molecule has 2 heterocycles. The van der Waals surface area contributed by atoms with Crippen molar-refractivity contribution in [2.24, 2.45) is 11.8 Å². The van der Waals surface area contributed by atoms with Gasteiger partial charge in [-0.2, -0.15) is 0 Å². The second-order valence-electron chi connectivity index (χ2n) is 8.38. The fourth-order valence-electron chi connectivity index (χ4n) is 4.53. The molecule has 29 heavy (non-hydrogen) atoms. The molecule has 1 amide bonds. The second-order valence-corrected chi connectivity index (χ2v) is 8.38. The van der Waals surface area contributed by atoms with Gasteiger partial charge in [0.05, 0.1) is 5.92 Å². The van der Waals surface area contributed by atoms with Crippen LogP contribution in [0.25, 0.3) is 0 Å². The van der Waals surface area contributed by atoms with Gasteiger partial charge in [-0.25, -0.2) is 4.39 Å². The van der Waals surface area contributed by atoms with Crippen LogP contribution in [-0.2, 0) is 11.3 Å². The van der Waals surface area contributed by atoms with Crippen LogP contribution in [0.1, 0.15) is 24.8 Å². The molecule has 2 saturated heterocycles. The third-order valence-corrected chi connectivity index (χ3v) is 6.17. The summed E-state index contributed by atoms with van der Waals surface area (Å²) >= 11 is 0. The monoisotopic (exact) mass is 395 g/mol. The fraction of sp³-hybridized carbons (Fsp3) is 0.458. The molecule has 2 aliphatic rings. The van der Waals surface area contributed by atoms with Gasteiger partial charge in [0.2, 0.25) is 5.91 Å². The van der Waals surface area contributed by atoms with Crippen LogP contribution < -0.4 is 10.2 Å². The summed E-state index contributed by atoms with van der Waals surface area (Å²) in [5, 5.41) is 3.21. The molecule has 0 bridgehead atoms. The second kappa shape index (κ2) is 9.40. The molecule has 0 spiro atoms. The van der Waals surface area contributed by atoms with Crippen LogP contribution in [0.2, 0.25) is 0 Å². The number of anilines is 1. The van der Waals surface area contributed by atoms with Crippen LogP contribution in [-0.4, -0.2) is 43.5 Å². The normalized spacial score (nSPS) is 22.6. The summed E-state index contributed by atoms with van der Waals surface area (Å²) in [4.78, 5) is 17.4. The maximum absolute atomic E-state index is 13.1. The number of carbonyl (C=O) groups excluding carboxylic acids is 1. The van der Waals surface area contributed by atoms with Crippen molar-refractivity contribution in [3.05, 3.63) is 66.0 Å². The Morgan fingerprint density at radius 3 is 2.59 bits per heavy atom. The highest BCUT2D eigenvalue weighted by atomic mass is 19.1. The maximum Gasteiger partial charge on any atom is 0.224 e. The van der Waals surface area contributed by atoms with E-state index in [1.54, 1.807) is 0 Å². The first-order valence-corrected chi connectivity index (χ1v) is 10.7. The van der Waals surface area contributed by atoms with Gasteiger partial charge in [0.25, 0.3) is 0 Å². The van der Waals surface area contributed by atoms with Crippen molar-refractivity contribution >= 4 is 11.6 Å². The highest BCUT2D eigenvalue weighted by Crippen LogP contribution is 2.24. The molecule has 2 aromatic carbocycles. The summed E-state index contributed by atoms with van der Waals surface area (Å²) in [6.45, 7) is 5.42. The molecular formula is C24H30FN3O. The van der Waals surface area contributed by atoms with E-state index in [0.29, 0.717) is 5.92 Å². The average Bonchev–Trinajstić information content (AvgIpc) is 3.22. The molecule has 4 rings (SSSR count). The van der Waals surface area contributed by atoms with Gasteiger partial charge in [-0.05, 0) is 61.6 Å². The van der Waals surface area contributed by atoms with Crippen molar-refractivity contribution in [1.29, 1.82) is 0 Å². The predicted octanol–water partition coefficient (Wildman–Crippen LogP) is 3.68. The number of hydrogen-bond acceptors (Lipinski definition) is 3. The first kappa shape index (κ1) is 19.9. The van der Waals surface area contributed by atoms with E-state index in [0.717, 1.165) is 64.2 Å². The summed E-state index contributed by atoms with van der Waals surface area (Å²) < 4.78 is 13.1. The van der Waals surface area contributed by atoms with Crippen LogP contribution in [0, 0.1) is 17.7 Å². The smallest absolute Gasteiger partial charge is 0.224 e. The van der Waals surface area contributed by atoms with Crippen LogP contribution in [0.5, 0.6) is 0 Å². The Morgan fingerprint density at radius 1 is 1.00 bits per heavy atom. The Balaban J connectivity index is 1.23. The molecule has 0 aliphatic carbocycles. The molecule has 0 radical (unpaired) electrons. The number of halogens is 1. The molecule has 0 unspecified atom stereocenters. The number of benzene rings is 2. The number of nitrogens with zero attached hydrogens (tertiary/aromatic N) is 2. The number of likely N-dealkylation sites (tertiary alicyclic amines) is 1. The summed E-state index contributed by atoms with van der Waals surface area (Å²) in [6.07, 6.45) is 3.11. The average molecular weight is 396 g/mol. The zero-order valence-corrected chi connectivity index (χ0v) is 16.9. The molecular weight excluding hydrogens is 365 g/mol. The van der Waals surface area contributed by atoms with E-state index in [2.05, 4.69) is 39.4 Å². The van der Waals surface area contributed by atoms with Crippen molar-refractivity contribution in [2.75, 3.05) is 37.6 Å². The molecule has 2 aliphatic heterocycles. The van der Waals surface area contributed by atoms with Crippen LogP contribution >= 0.6 is 0 Å². The third-order valence-electron chi connectivity index (χ3n) is 6.17. The van der Waals surface area contributed by atoms with Gasteiger partial charge >= 0.3 is 0 Å². The lowest BCUT2D eigenvalue weighted by Crippen LogP contribution is -2.43. The standard InChI is InChI=1S/C24H30FN3O/c25-22-8-10-23(11-9-22)28-14-12-20(17-28)15-26-24(29)21-7-4-13-27(18-21)16-19-5-2-1-3-6-19/h1-3,5-6,8-11,20-21H,4,7,12-18H2,(H,26,29)/t20-,21-/m0/s1. The Bertz CT molecular complexity index is 796. The van der Waals surface area contributed by atoms with E-state index < -0.39 is 0 Å². The molecule has 0 saturated carbocycles. The maximum atomic E-state index is 13.1. The van der Waals surface area contributed by atoms with Gasteiger partial charge in [0, 0.05) is 38.4 Å². The van der Waals surface area contributed by atoms with Gasteiger partial charge in [0.15, 0.2) is 0 Å². The van der Waals surface area contributed by atoms with E-state index in [1.165, 1.54) is 17.7 Å². The fourth-order valence-corrected chi connectivity index (χ4v) is 4.53. The number of amides is 1. The molecule has 2 atom stereocenters. The van der Waals surface area contributed by atoms with Crippen molar-refractivity contribution in [3.8, 4) is 0 Å². The quantitative estimate of drug-likeness (QED) is 0.811. The van der Waals surface area contributed by atoms with Crippen LogP contribution in [0.3, 0.4) is 0 Å².